The van der Waals surface area contributed by atoms with Crippen LogP contribution in [-0.4, -0.2) is 34.1 Å². The van der Waals surface area contributed by atoms with Crippen molar-refractivity contribution in [2.75, 3.05) is 28.7 Å². The van der Waals surface area contributed by atoms with Crippen molar-refractivity contribution in [3.05, 3.63) is 11.2 Å². The molecule has 1 atom stereocenters. The molecule has 1 heterocycles. The zero-order chi connectivity index (χ0) is 13.4. The maximum atomic E-state index is 6.09. The van der Waals surface area contributed by atoms with E-state index in [2.05, 4.69) is 41.4 Å². The predicted molar refractivity (Wildman–Crippen MR) is 81.9 cm³/mol. The molecule has 0 fully saturated rings. The molecule has 0 saturated carbocycles. The monoisotopic (exact) mass is 288 g/mol. The number of aromatic nitrogens is 2. The maximum absolute atomic E-state index is 6.09. The Kier molecular flexibility index (Phi) is 7.20. The molecule has 1 aromatic heterocycles. The highest BCUT2D eigenvalue weighted by Crippen LogP contribution is 2.20. The Morgan fingerprint density at radius 2 is 2.22 bits per heavy atom. The molecule has 1 unspecified atom stereocenters. The van der Waals surface area contributed by atoms with Crippen LogP contribution in [0.25, 0.3) is 0 Å². The minimum atomic E-state index is 0.335. The van der Waals surface area contributed by atoms with Crippen LogP contribution in [0.1, 0.15) is 27.2 Å². The third-order valence-corrected chi connectivity index (χ3v) is 3.65. The summed E-state index contributed by atoms with van der Waals surface area (Å²) in [6.45, 7) is 7.25. The highest BCUT2D eigenvalue weighted by atomic mass is 35.5. The molecule has 18 heavy (non-hydrogen) atoms. The minimum Gasteiger partial charge on any atom is -0.365 e. The number of thioether (sulfide) groups is 1. The number of nitrogens with zero attached hydrogens (tertiary/aromatic N) is 2. The number of hydrogen-bond donors (Lipinski definition) is 2. The van der Waals surface area contributed by atoms with Gasteiger partial charge in [-0.25, -0.2) is 4.98 Å². The first-order valence-electron chi connectivity index (χ1n) is 6.28. The number of nitrogens with one attached hydrogen (secondary N) is 2. The van der Waals surface area contributed by atoms with Gasteiger partial charge in [-0.15, -0.1) is 0 Å². The van der Waals surface area contributed by atoms with Crippen molar-refractivity contribution in [2.24, 2.45) is 0 Å². The van der Waals surface area contributed by atoms with Gasteiger partial charge >= 0.3 is 0 Å². The third kappa shape index (κ3) is 5.31. The lowest BCUT2D eigenvalue weighted by molar-refractivity contribution is 0.894. The molecule has 0 aliphatic rings. The number of anilines is 2. The molecule has 0 bridgehead atoms. The van der Waals surface area contributed by atoms with Gasteiger partial charge in [-0.05, 0) is 19.1 Å². The maximum Gasteiger partial charge on any atom is 0.224 e. The largest absolute Gasteiger partial charge is 0.365 e. The number of halogens is 1. The first kappa shape index (κ1) is 15.4. The highest BCUT2D eigenvalue weighted by Gasteiger charge is 2.08. The molecule has 0 saturated heterocycles. The summed E-state index contributed by atoms with van der Waals surface area (Å²) in [4.78, 5) is 8.53. The van der Waals surface area contributed by atoms with Gasteiger partial charge in [0.15, 0.2) is 5.82 Å². The molecule has 0 aliphatic carbocycles. The van der Waals surface area contributed by atoms with Gasteiger partial charge in [-0.3, -0.25) is 0 Å². The average Bonchev–Trinajstić information content (AvgIpc) is 2.37. The fourth-order valence-corrected chi connectivity index (χ4v) is 2.18. The molecule has 0 aliphatic heterocycles. The second-order valence-electron chi connectivity index (χ2n) is 4.02. The third-order valence-electron chi connectivity index (χ3n) is 2.23. The molecule has 1 rings (SSSR count). The van der Waals surface area contributed by atoms with Crippen LogP contribution >= 0.6 is 23.4 Å². The molecule has 0 spiro atoms. The van der Waals surface area contributed by atoms with Crippen LogP contribution in [0.4, 0.5) is 11.8 Å². The Labute approximate surface area is 118 Å². The van der Waals surface area contributed by atoms with Gasteiger partial charge in [-0.1, -0.05) is 25.4 Å². The van der Waals surface area contributed by atoms with Gasteiger partial charge in [0.05, 0.1) is 6.20 Å². The Hall–Kier alpha value is -0.680. The van der Waals surface area contributed by atoms with E-state index in [9.17, 15) is 0 Å². The van der Waals surface area contributed by atoms with E-state index < -0.39 is 0 Å². The smallest absolute Gasteiger partial charge is 0.224 e. The van der Waals surface area contributed by atoms with Gasteiger partial charge in [0, 0.05) is 18.3 Å². The zero-order valence-corrected chi connectivity index (χ0v) is 12.7. The molecule has 0 radical (unpaired) electrons. The fraction of sp³-hybridized carbons (Fsp3) is 0.667. The van der Waals surface area contributed by atoms with E-state index in [0.29, 0.717) is 22.8 Å². The van der Waals surface area contributed by atoms with Crippen molar-refractivity contribution in [2.45, 2.75) is 33.2 Å². The van der Waals surface area contributed by atoms with Crippen molar-refractivity contribution in [1.29, 1.82) is 0 Å². The van der Waals surface area contributed by atoms with Crippen LogP contribution in [0.5, 0.6) is 0 Å². The van der Waals surface area contributed by atoms with Crippen LogP contribution < -0.4 is 10.6 Å². The minimum absolute atomic E-state index is 0.335. The quantitative estimate of drug-likeness (QED) is 0.767. The normalized spacial score (nSPS) is 12.2. The summed E-state index contributed by atoms with van der Waals surface area (Å²) in [5.74, 6) is 3.48. The van der Waals surface area contributed by atoms with Crippen molar-refractivity contribution >= 4 is 35.1 Å². The highest BCUT2D eigenvalue weighted by molar-refractivity contribution is 7.99. The van der Waals surface area contributed by atoms with E-state index in [1.54, 1.807) is 6.20 Å². The van der Waals surface area contributed by atoms with Crippen molar-refractivity contribution in [3.8, 4) is 0 Å². The van der Waals surface area contributed by atoms with Gasteiger partial charge in [-0.2, -0.15) is 16.7 Å². The van der Waals surface area contributed by atoms with Crippen LogP contribution in [0.2, 0.25) is 5.02 Å². The van der Waals surface area contributed by atoms with Gasteiger partial charge in [0.1, 0.15) is 5.02 Å². The Morgan fingerprint density at radius 1 is 1.44 bits per heavy atom. The predicted octanol–water partition coefficient (Wildman–Crippen LogP) is 3.51. The standard InChI is InChI=1S/C12H21ClN4S/c1-4-6-14-12-15-7-10(13)11(17-12)16-9(3)8-18-5-2/h7,9H,4-6,8H2,1-3H3,(H2,14,15,16,17). The van der Waals surface area contributed by atoms with E-state index in [0.717, 1.165) is 24.5 Å². The molecule has 0 amide bonds. The summed E-state index contributed by atoms with van der Waals surface area (Å²) in [5.41, 5.74) is 0. The fourth-order valence-electron chi connectivity index (χ4n) is 1.36. The summed E-state index contributed by atoms with van der Waals surface area (Å²) in [7, 11) is 0. The number of rotatable bonds is 8. The SMILES string of the molecule is CCCNc1ncc(Cl)c(NC(C)CSCC)n1. The molecular weight excluding hydrogens is 268 g/mol. The second kappa shape index (κ2) is 8.43. The van der Waals surface area contributed by atoms with E-state index in [-0.39, 0.29) is 0 Å². The Balaban J connectivity index is 2.62. The number of hydrogen-bond acceptors (Lipinski definition) is 5. The van der Waals surface area contributed by atoms with E-state index in [4.69, 9.17) is 11.6 Å². The van der Waals surface area contributed by atoms with Crippen molar-refractivity contribution in [1.82, 2.24) is 9.97 Å². The van der Waals surface area contributed by atoms with Crippen LogP contribution in [-0.2, 0) is 0 Å². The summed E-state index contributed by atoms with van der Waals surface area (Å²) < 4.78 is 0. The van der Waals surface area contributed by atoms with Gasteiger partial charge in [0.25, 0.3) is 0 Å². The van der Waals surface area contributed by atoms with E-state index >= 15 is 0 Å². The topological polar surface area (TPSA) is 49.8 Å². The lowest BCUT2D eigenvalue weighted by atomic mass is 10.4. The van der Waals surface area contributed by atoms with Gasteiger partial charge < -0.3 is 10.6 Å². The lowest BCUT2D eigenvalue weighted by Crippen LogP contribution is -2.19. The summed E-state index contributed by atoms with van der Waals surface area (Å²) >= 11 is 7.98. The first-order valence-corrected chi connectivity index (χ1v) is 7.81. The second-order valence-corrected chi connectivity index (χ2v) is 5.75. The first-order chi connectivity index (χ1) is 8.67. The molecular formula is C12H21ClN4S. The van der Waals surface area contributed by atoms with Crippen LogP contribution in [0.3, 0.4) is 0 Å². The summed E-state index contributed by atoms with van der Waals surface area (Å²) in [6, 6.07) is 0.335. The summed E-state index contributed by atoms with van der Waals surface area (Å²) in [6.07, 6.45) is 2.67. The Morgan fingerprint density at radius 3 is 2.89 bits per heavy atom. The molecule has 4 nitrogen and oxygen atoms in total. The molecule has 0 aromatic carbocycles. The zero-order valence-electron chi connectivity index (χ0n) is 11.2. The van der Waals surface area contributed by atoms with Crippen molar-refractivity contribution < 1.29 is 0 Å². The van der Waals surface area contributed by atoms with Crippen LogP contribution in [0.15, 0.2) is 6.20 Å². The molecule has 2 N–H and O–H groups in total. The van der Waals surface area contributed by atoms with Crippen LogP contribution in [0, 0.1) is 0 Å². The average molecular weight is 289 g/mol. The lowest BCUT2D eigenvalue weighted by Gasteiger charge is -2.15. The van der Waals surface area contributed by atoms with E-state index in [1.165, 1.54) is 0 Å². The molecule has 6 heteroatoms. The molecule has 102 valence electrons. The van der Waals surface area contributed by atoms with Crippen molar-refractivity contribution in [3.63, 3.8) is 0 Å². The van der Waals surface area contributed by atoms with E-state index in [1.807, 2.05) is 11.8 Å². The van der Waals surface area contributed by atoms with Gasteiger partial charge in [0.2, 0.25) is 5.95 Å². The Bertz CT molecular complexity index is 362. The molecule has 1 aromatic rings. The summed E-state index contributed by atoms with van der Waals surface area (Å²) in [5, 5.41) is 7.03.